The Hall–Kier alpha value is -2.23. The summed E-state index contributed by atoms with van der Waals surface area (Å²) >= 11 is 0.806. The van der Waals surface area contributed by atoms with Crippen LogP contribution in [0.4, 0.5) is 4.39 Å². The Morgan fingerprint density at radius 3 is 2.42 bits per heavy atom. The minimum absolute atomic E-state index is 0.0312. The van der Waals surface area contributed by atoms with Crippen molar-refractivity contribution in [2.24, 2.45) is 9.50 Å². The number of nitrogens with zero attached hydrogens (tertiary/aromatic N) is 3. The van der Waals surface area contributed by atoms with Gasteiger partial charge in [-0.25, -0.2) is 18.7 Å². The van der Waals surface area contributed by atoms with Gasteiger partial charge in [-0.3, -0.25) is 4.79 Å². The standard InChI is InChI=1S/C22H29FN4O4S2/c1-11(2)14-7-13(9-24)19(23)18(12(3)4)15(14)8-17(29)27-33(25,31)20-16(10-28)26-21(32-20)22(5,6)30/h7,11-12,28,30H,8,10H2,1-6H3,(H2,25,27,29,31). The van der Waals surface area contributed by atoms with Crippen molar-refractivity contribution in [1.82, 2.24) is 4.98 Å². The molecule has 0 saturated heterocycles. The van der Waals surface area contributed by atoms with Gasteiger partial charge in [0.2, 0.25) is 0 Å². The Balaban J connectivity index is 2.62. The van der Waals surface area contributed by atoms with Crippen molar-refractivity contribution in [2.75, 3.05) is 0 Å². The molecule has 8 nitrogen and oxygen atoms in total. The Morgan fingerprint density at radius 2 is 1.97 bits per heavy atom. The summed E-state index contributed by atoms with van der Waals surface area (Å²) < 4.78 is 31.8. The molecule has 0 aliphatic carbocycles. The maximum absolute atomic E-state index is 15.0. The van der Waals surface area contributed by atoms with Crippen LogP contribution in [0.25, 0.3) is 0 Å². The maximum Gasteiger partial charge on any atom is 0.259 e. The van der Waals surface area contributed by atoms with Crippen molar-refractivity contribution in [3.63, 3.8) is 0 Å². The second-order valence-electron chi connectivity index (χ2n) is 8.84. The van der Waals surface area contributed by atoms with E-state index in [9.17, 15) is 28.9 Å². The monoisotopic (exact) mass is 496 g/mol. The fourth-order valence-electron chi connectivity index (χ4n) is 3.44. The van der Waals surface area contributed by atoms with Gasteiger partial charge in [-0.05, 0) is 48.4 Å². The van der Waals surface area contributed by atoms with E-state index in [1.165, 1.54) is 19.9 Å². The molecule has 1 atom stereocenters. The number of amides is 1. The van der Waals surface area contributed by atoms with E-state index in [0.29, 0.717) is 11.1 Å². The van der Waals surface area contributed by atoms with Crippen LogP contribution in [-0.4, -0.2) is 25.3 Å². The number of nitrogens with two attached hydrogens (primary N) is 1. The fraction of sp³-hybridized carbons (Fsp3) is 0.500. The van der Waals surface area contributed by atoms with Crippen molar-refractivity contribution in [3.05, 3.63) is 44.8 Å². The van der Waals surface area contributed by atoms with Gasteiger partial charge in [0.1, 0.15) is 26.7 Å². The second-order valence-corrected chi connectivity index (χ2v) is 11.8. The Bertz CT molecular complexity index is 1230. The molecule has 0 bridgehead atoms. The quantitative estimate of drug-likeness (QED) is 0.533. The molecule has 1 amide bonds. The first-order valence-electron chi connectivity index (χ1n) is 10.3. The Kier molecular flexibility index (Phi) is 8.14. The van der Waals surface area contributed by atoms with Crippen LogP contribution in [0.2, 0.25) is 0 Å². The van der Waals surface area contributed by atoms with Gasteiger partial charge in [0.25, 0.3) is 5.91 Å². The predicted molar refractivity (Wildman–Crippen MR) is 124 cm³/mol. The first-order valence-corrected chi connectivity index (χ1v) is 12.7. The summed E-state index contributed by atoms with van der Waals surface area (Å²) in [5.74, 6) is -1.96. The van der Waals surface area contributed by atoms with Crippen molar-refractivity contribution >= 4 is 27.2 Å². The maximum atomic E-state index is 15.0. The van der Waals surface area contributed by atoms with Gasteiger partial charge in [0, 0.05) is 0 Å². The molecule has 0 fully saturated rings. The van der Waals surface area contributed by atoms with E-state index in [-0.39, 0.29) is 44.3 Å². The van der Waals surface area contributed by atoms with Gasteiger partial charge < -0.3 is 10.2 Å². The highest BCUT2D eigenvalue weighted by Gasteiger charge is 2.28. The van der Waals surface area contributed by atoms with Crippen molar-refractivity contribution in [2.45, 2.75) is 76.2 Å². The third-order valence-electron chi connectivity index (χ3n) is 4.93. The van der Waals surface area contributed by atoms with Crippen molar-refractivity contribution < 1.29 is 23.6 Å². The van der Waals surface area contributed by atoms with Crippen LogP contribution in [0.3, 0.4) is 0 Å². The van der Waals surface area contributed by atoms with Gasteiger partial charge >= 0.3 is 0 Å². The first kappa shape index (κ1) is 27.0. The zero-order valence-electron chi connectivity index (χ0n) is 19.5. The summed E-state index contributed by atoms with van der Waals surface area (Å²) in [6.07, 6.45) is -0.358. The molecule has 0 spiro atoms. The van der Waals surface area contributed by atoms with E-state index in [1.54, 1.807) is 13.8 Å². The van der Waals surface area contributed by atoms with Crippen molar-refractivity contribution in [1.29, 1.82) is 5.26 Å². The van der Waals surface area contributed by atoms with Gasteiger partial charge in [-0.2, -0.15) is 5.26 Å². The molecule has 1 aromatic heterocycles. The Morgan fingerprint density at radius 1 is 1.36 bits per heavy atom. The van der Waals surface area contributed by atoms with Crippen LogP contribution in [0.15, 0.2) is 14.6 Å². The Labute approximate surface area is 197 Å². The zero-order valence-corrected chi connectivity index (χ0v) is 21.1. The van der Waals surface area contributed by atoms with Crippen LogP contribution < -0.4 is 5.14 Å². The number of hydrogen-bond donors (Lipinski definition) is 3. The number of hydrogen-bond acceptors (Lipinski definition) is 7. The van der Waals surface area contributed by atoms with Gasteiger partial charge in [0.15, 0.2) is 9.92 Å². The number of carbonyl (C=O) groups is 1. The molecule has 0 aliphatic heterocycles. The predicted octanol–water partition coefficient (Wildman–Crippen LogP) is 3.59. The molecule has 2 aromatic rings. The molecule has 180 valence electrons. The van der Waals surface area contributed by atoms with E-state index in [1.807, 2.05) is 19.9 Å². The fourth-order valence-corrected chi connectivity index (χ4v) is 5.97. The molecular formula is C22H29FN4O4S2. The molecule has 1 heterocycles. The zero-order chi connectivity index (χ0) is 25.3. The molecule has 0 saturated carbocycles. The number of thiazole rings is 1. The third-order valence-corrected chi connectivity index (χ3v) is 8.35. The third kappa shape index (κ3) is 5.83. The number of nitriles is 1. The number of benzene rings is 1. The summed E-state index contributed by atoms with van der Waals surface area (Å²) in [5.41, 5.74) is -0.245. The molecule has 0 radical (unpaired) electrons. The number of aliphatic hydroxyl groups is 2. The van der Waals surface area contributed by atoms with E-state index < -0.39 is 33.8 Å². The lowest BCUT2D eigenvalue weighted by molar-refractivity contribution is -0.117. The van der Waals surface area contributed by atoms with E-state index >= 15 is 0 Å². The summed E-state index contributed by atoms with van der Waals surface area (Å²) in [7, 11) is -3.79. The van der Waals surface area contributed by atoms with Crippen LogP contribution in [-0.2, 0) is 33.3 Å². The highest BCUT2D eigenvalue weighted by molar-refractivity contribution is 7.93. The summed E-state index contributed by atoms with van der Waals surface area (Å²) in [6, 6.07) is 3.28. The lowest BCUT2D eigenvalue weighted by Gasteiger charge is -2.20. The van der Waals surface area contributed by atoms with Gasteiger partial charge in [-0.15, -0.1) is 15.7 Å². The smallest absolute Gasteiger partial charge is 0.259 e. The van der Waals surface area contributed by atoms with Crippen LogP contribution in [0.1, 0.15) is 86.3 Å². The SMILES string of the molecule is CC(C)c1cc(C#N)c(F)c(C(C)C)c1CC(=O)N=S(N)(=O)c1sc(C(C)(C)O)nc1CO. The number of rotatable bonds is 7. The first-order chi connectivity index (χ1) is 15.1. The largest absolute Gasteiger partial charge is 0.390 e. The average molecular weight is 497 g/mol. The minimum atomic E-state index is -3.79. The molecule has 11 heteroatoms. The molecular weight excluding hydrogens is 467 g/mol. The van der Waals surface area contributed by atoms with Gasteiger partial charge in [-0.1, -0.05) is 27.7 Å². The number of aromatic nitrogens is 1. The summed E-state index contributed by atoms with van der Waals surface area (Å²) in [4.78, 5) is 16.9. The molecule has 0 aliphatic rings. The topological polar surface area (TPSA) is 150 Å². The van der Waals surface area contributed by atoms with Crippen LogP contribution in [0, 0.1) is 17.1 Å². The van der Waals surface area contributed by atoms with E-state index in [2.05, 4.69) is 9.35 Å². The lowest BCUT2D eigenvalue weighted by Crippen LogP contribution is -2.18. The molecule has 1 unspecified atom stereocenters. The number of carbonyl (C=O) groups excluding carboxylic acids is 1. The van der Waals surface area contributed by atoms with E-state index in [0.717, 1.165) is 11.3 Å². The summed E-state index contributed by atoms with van der Waals surface area (Å²) in [6.45, 7) is 9.57. The van der Waals surface area contributed by atoms with E-state index in [4.69, 9.17) is 5.14 Å². The minimum Gasteiger partial charge on any atom is -0.390 e. The number of halogens is 1. The highest BCUT2D eigenvalue weighted by atomic mass is 32.2. The molecule has 2 rings (SSSR count). The van der Waals surface area contributed by atoms with Crippen LogP contribution in [0.5, 0.6) is 0 Å². The molecule has 4 N–H and O–H groups in total. The second kappa shape index (κ2) is 9.95. The number of aliphatic hydroxyl groups excluding tert-OH is 1. The van der Waals surface area contributed by atoms with Gasteiger partial charge in [0.05, 0.1) is 24.3 Å². The average Bonchev–Trinajstić information content (AvgIpc) is 3.13. The molecule has 33 heavy (non-hydrogen) atoms. The van der Waals surface area contributed by atoms with Crippen molar-refractivity contribution in [3.8, 4) is 6.07 Å². The normalized spacial score (nSPS) is 13.8. The highest BCUT2D eigenvalue weighted by Crippen LogP contribution is 2.34. The lowest BCUT2D eigenvalue weighted by atomic mass is 9.85. The molecule has 1 aromatic carbocycles. The summed E-state index contributed by atoms with van der Waals surface area (Å²) in [5, 5.41) is 35.2. The van der Waals surface area contributed by atoms with Crippen LogP contribution >= 0.6 is 11.3 Å².